The molecule has 3 rings (SSSR count). The van der Waals surface area contributed by atoms with Gasteiger partial charge in [-0.2, -0.15) is 0 Å². The van der Waals surface area contributed by atoms with Gasteiger partial charge in [0.25, 0.3) is 6.71 Å². The summed E-state index contributed by atoms with van der Waals surface area (Å²) in [7, 11) is 0. The van der Waals surface area contributed by atoms with Crippen LogP contribution in [-0.4, -0.2) is 26.5 Å². The Balaban J connectivity index is 2.34. The lowest BCUT2D eigenvalue weighted by molar-refractivity contribution is 0.336. The summed E-state index contributed by atoms with van der Waals surface area (Å²) in [6.45, 7) is 2.87. The van der Waals surface area contributed by atoms with E-state index < -0.39 is 58.0 Å². The van der Waals surface area contributed by atoms with Crippen molar-refractivity contribution >= 4 is 23.1 Å². The largest absolute Gasteiger partial charge is 0.494 e. The van der Waals surface area contributed by atoms with Gasteiger partial charge in [0.15, 0.2) is 0 Å². The Labute approximate surface area is 193 Å². The molecule has 0 aliphatic heterocycles. The van der Waals surface area contributed by atoms with Crippen LogP contribution in [0.5, 0.6) is 17.2 Å². The molecule has 180 valence electrons. The Hall–Kier alpha value is -3.30. The lowest BCUT2D eigenvalue weighted by Gasteiger charge is -2.21. The normalized spacial score (nSPS) is 10.9. The van der Waals surface area contributed by atoms with Crippen LogP contribution in [-0.2, 0) is 0 Å². The predicted molar refractivity (Wildman–Crippen MR) is 117 cm³/mol. The third kappa shape index (κ3) is 5.10. The Morgan fingerprint density at radius 3 is 0.853 bits per heavy atom. The van der Waals surface area contributed by atoms with Crippen LogP contribution in [0, 0.1) is 34.9 Å². The number of rotatable bonds is 9. The maximum Gasteiger partial charge on any atom is 0.264 e. The minimum absolute atomic E-state index is 0.0892. The summed E-state index contributed by atoms with van der Waals surface area (Å²) in [4.78, 5) is 0. The van der Waals surface area contributed by atoms with Crippen molar-refractivity contribution in [3.05, 3.63) is 71.3 Å². The van der Waals surface area contributed by atoms with Crippen molar-refractivity contribution in [1.29, 1.82) is 0 Å². The molecule has 0 saturated heterocycles. The zero-order valence-electron chi connectivity index (χ0n) is 18.7. The first-order valence-electron chi connectivity index (χ1n) is 10.6. The van der Waals surface area contributed by atoms with Gasteiger partial charge in [0, 0.05) is 52.8 Å². The molecule has 0 amide bonds. The molecule has 10 heteroatoms. The molecule has 34 heavy (non-hydrogen) atoms. The van der Waals surface area contributed by atoms with Gasteiger partial charge < -0.3 is 14.2 Å². The maximum atomic E-state index is 15.1. The minimum Gasteiger partial charge on any atom is -0.494 e. The lowest BCUT2D eigenvalue weighted by atomic mass is 9.36. The molecule has 0 saturated carbocycles. The van der Waals surface area contributed by atoms with Gasteiger partial charge in [-0.15, -0.1) is 0 Å². The average Bonchev–Trinajstić information content (AvgIpc) is 2.72. The molecule has 3 aromatic carbocycles. The van der Waals surface area contributed by atoms with E-state index in [1.807, 2.05) is 0 Å². The van der Waals surface area contributed by atoms with Crippen molar-refractivity contribution in [1.82, 2.24) is 0 Å². The maximum absolute atomic E-state index is 15.1. The molecule has 0 radical (unpaired) electrons. The van der Waals surface area contributed by atoms with Gasteiger partial charge in [-0.05, 0) is 20.8 Å². The van der Waals surface area contributed by atoms with E-state index in [2.05, 4.69) is 0 Å². The van der Waals surface area contributed by atoms with Crippen molar-refractivity contribution in [2.75, 3.05) is 19.8 Å². The Kier molecular flexibility index (Phi) is 8.01. The molecule has 0 aliphatic rings. The minimum atomic E-state index is -2.15. The highest BCUT2D eigenvalue weighted by atomic mass is 19.2. The molecule has 3 nitrogen and oxygen atoms in total. The second kappa shape index (κ2) is 10.8. The topological polar surface area (TPSA) is 27.7 Å². The summed E-state index contributed by atoms with van der Waals surface area (Å²) >= 11 is 0. The average molecular weight is 482 g/mol. The number of halogens is 6. The molecule has 0 aliphatic carbocycles. The van der Waals surface area contributed by atoms with Crippen LogP contribution in [0.4, 0.5) is 26.3 Å². The highest BCUT2D eigenvalue weighted by molar-refractivity contribution is 6.95. The summed E-state index contributed by atoms with van der Waals surface area (Å²) in [5.74, 6) is -8.37. The third-order valence-electron chi connectivity index (χ3n) is 4.96. The summed E-state index contributed by atoms with van der Waals surface area (Å²) in [6.07, 6.45) is 0. The number of hydrogen-bond donors (Lipinski definition) is 0. The van der Waals surface area contributed by atoms with Crippen LogP contribution in [0.2, 0.25) is 0 Å². The molecular formula is C24H21BF6O3. The van der Waals surface area contributed by atoms with E-state index in [0.717, 1.165) is 36.4 Å². The van der Waals surface area contributed by atoms with Crippen molar-refractivity contribution < 1.29 is 40.6 Å². The zero-order valence-corrected chi connectivity index (χ0v) is 18.7. The number of hydrogen-bond acceptors (Lipinski definition) is 3. The number of benzene rings is 3. The molecule has 0 bridgehead atoms. The second-order valence-electron chi connectivity index (χ2n) is 7.13. The van der Waals surface area contributed by atoms with Crippen molar-refractivity contribution in [3.8, 4) is 17.2 Å². The van der Waals surface area contributed by atoms with E-state index in [4.69, 9.17) is 14.2 Å². The van der Waals surface area contributed by atoms with Gasteiger partial charge in [-0.25, -0.2) is 26.3 Å². The van der Waals surface area contributed by atoms with Crippen LogP contribution in [0.3, 0.4) is 0 Å². The fourth-order valence-corrected chi connectivity index (χ4v) is 3.69. The highest BCUT2D eigenvalue weighted by Crippen LogP contribution is 2.21. The van der Waals surface area contributed by atoms with Crippen LogP contribution in [0.15, 0.2) is 36.4 Å². The molecular weight excluding hydrogens is 461 g/mol. The first-order chi connectivity index (χ1) is 16.2. The molecule has 0 heterocycles. The van der Waals surface area contributed by atoms with Gasteiger partial charge in [-0.3, -0.25) is 0 Å². The first kappa shape index (κ1) is 25.3. The van der Waals surface area contributed by atoms with E-state index in [1.165, 1.54) is 0 Å². The van der Waals surface area contributed by atoms with Gasteiger partial charge in [-0.1, -0.05) is 0 Å². The molecule has 0 aromatic heterocycles. The van der Waals surface area contributed by atoms with Crippen molar-refractivity contribution in [3.63, 3.8) is 0 Å². The molecule has 0 spiro atoms. The SMILES string of the molecule is CCOc1cc(F)c(B(c2c(F)cc(OCC)cc2F)c2c(F)cc(OCC)cc2F)c(F)c1. The Morgan fingerprint density at radius 2 is 0.676 bits per heavy atom. The van der Waals surface area contributed by atoms with Crippen LogP contribution in [0.25, 0.3) is 0 Å². The zero-order chi connectivity index (χ0) is 25.0. The predicted octanol–water partition coefficient (Wildman–Crippen LogP) is 4.23. The third-order valence-corrected chi connectivity index (χ3v) is 4.96. The first-order valence-corrected chi connectivity index (χ1v) is 10.6. The van der Waals surface area contributed by atoms with Gasteiger partial charge in [0.1, 0.15) is 52.2 Å². The quantitative estimate of drug-likeness (QED) is 0.338. The molecule has 0 fully saturated rings. The fraction of sp³-hybridized carbons (Fsp3) is 0.250. The van der Waals surface area contributed by atoms with E-state index in [-0.39, 0.29) is 37.1 Å². The monoisotopic (exact) mass is 482 g/mol. The molecule has 0 N–H and O–H groups in total. The Bertz CT molecular complexity index is 972. The van der Waals surface area contributed by atoms with Crippen LogP contribution >= 0.6 is 0 Å². The second-order valence-corrected chi connectivity index (χ2v) is 7.13. The van der Waals surface area contributed by atoms with E-state index in [0.29, 0.717) is 0 Å². The Morgan fingerprint density at radius 1 is 0.471 bits per heavy atom. The lowest BCUT2D eigenvalue weighted by Crippen LogP contribution is -2.59. The smallest absolute Gasteiger partial charge is 0.264 e. The van der Waals surface area contributed by atoms with Crippen molar-refractivity contribution in [2.45, 2.75) is 20.8 Å². The van der Waals surface area contributed by atoms with Gasteiger partial charge in [0.05, 0.1) is 19.8 Å². The van der Waals surface area contributed by atoms with Crippen molar-refractivity contribution in [2.24, 2.45) is 0 Å². The summed E-state index contributed by atoms with van der Waals surface area (Å²) in [5.41, 5.74) is -2.85. The fourth-order valence-electron chi connectivity index (χ4n) is 3.69. The highest BCUT2D eigenvalue weighted by Gasteiger charge is 2.38. The molecule has 0 unspecified atom stereocenters. The van der Waals surface area contributed by atoms with Gasteiger partial charge in [0.2, 0.25) is 0 Å². The number of ether oxygens (including phenoxy) is 3. The van der Waals surface area contributed by atoms with Gasteiger partial charge >= 0.3 is 0 Å². The molecule has 0 atom stereocenters. The standard InChI is InChI=1S/C24H21BF6O3/c1-4-32-13-7-16(26)22(17(27)8-13)25(23-18(28)9-14(33-5-2)10-19(23)29)24-20(30)11-15(34-6-3)12-21(24)31/h7-12H,4-6H2,1-3H3. The van der Waals surface area contributed by atoms with E-state index in [1.54, 1.807) is 20.8 Å². The van der Waals surface area contributed by atoms with Crippen LogP contribution in [0.1, 0.15) is 20.8 Å². The summed E-state index contributed by atoms with van der Waals surface area (Å²) in [6, 6.07) is 4.69. The van der Waals surface area contributed by atoms with Crippen LogP contribution < -0.4 is 30.6 Å². The molecule has 3 aromatic rings. The van der Waals surface area contributed by atoms with E-state index >= 15 is 26.3 Å². The van der Waals surface area contributed by atoms with E-state index in [9.17, 15) is 0 Å². The summed E-state index contributed by atoms with van der Waals surface area (Å²) in [5, 5.41) is 0. The summed E-state index contributed by atoms with van der Waals surface area (Å²) < 4.78 is 106.